The Morgan fingerprint density at radius 1 is 1.04 bits per heavy atom. The first kappa shape index (κ1) is 18.5. The van der Waals surface area contributed by atoms with Crippen LogP contribution in [0.15, 0.2) is 24.4 Å². The lowest BCUT2D eigenvalue weighted by atomic mass is 9.78. The van der Waals surface area contributed by atoms with Crippen molar-refractivity contribution in [2.45, 2.75) is 58.9 Å². The first-order chi connectivity index (χ1) is 11.0. The molecule has 0 bridgehead atoms. The molecule has 0 aliphatic heterocycles. The van der Waals surface area contributed by atoms with Gasteiger partial charge in [0.25, 0.3) is 0 Å². The Morgan fingerprint density at radius 2 is 1.58 bits per heavy atom. The van der Waals surface area contributed by atoms with E-state index in [9.17, 15) is 5.11 Å². The maximum Gasteiger partial charge on any atom is 0.123 e. The van der Waals surface area contributed by atoms with Crippen LogP contribution in [0.5, 0.6) is 5.75 Å². The van der Waals surface area contributed by atoms with E-state index in [1.807, 2.05) is 16.9 Å². The first-order valence-electron chi connectivity index (χ1n) is 8.45. The summed E-state index contributed by atoms with van der Waals surface area (Å²) in [5.41, 5.74) is 3.59. The molecule has 0 aliphatic carbocycles. The van der Waals surface area contributed by atoms with Crippen LogP contribution in [0.25, 0.3) is 11.3 Å². The van der Waals surface area contributed by atoms with E-state index >= 15 is 0 Å². The molecular formula is C20H30N2O2. The van der Waals surface area contributed by atoms with Gasteiger partial charge in [-0.05, 0) is 29.0 Å². The van der Waals surface area contributed by atoms with Crippen LogP contribution in [0, 0.1) is 0 Å². The van der Waals surface area contributed by atoms with Gasteiger partial charge in [-0.2, -0.15) is 5.10 Å². The van der Waals surface area contributed by atoms with Crippen LogP contribution >= 0.6 is 0 Å². The smallest absolute Gasteiger partial charge is 0.123 e. The molecule has 0 fully saturated rings. The number of phenols is 1. The molecule has 132 valence electrons. The van der Waals surface area contributed by atoms with Crippen LogP contribution in [0.1, 0.15) is 52.7 Å². The summed E-state index contributed by atoms with van der Waals surface area (Å²) in [6.45, 7) is 14.1. The summed E-state index contributed by atoms with van der Waals surface area (Å²) in [6.07, 6.45) is 1.97. The third kappa shape index (κ3) is 3.99. The van der Waals surface area contributed by atoms with Crippen LogP contribution in [0.4, 0.5) is 0 Å². The van der Waals surface area contributed by atoms with Gasteiger partial charge in [0.1, 0.15) is 5.75 Å². The summed E-state index contributed by atoms with van der Waals surface area (Å²) >= 11 is 0. The zero-order valence-corrected chi connectivity index (χ0v) is 16.0. The fourth-order valence-corrected chi connectivity index (χ4v) is 2.75. The Kier molecular flexibility index (Phi) is 5.09. The molecule has 2 aromatic rings. The second-order valence-electron chi connectivity index (χ2n) is 8.38. The normalized spacial score (nSPS) is 12.6. The summed E-state index contributed by atoms with van der Waals surface area (Å²) in [5.74, 6) is 0.401. The van der Waals surface area contributed by atoms with Gasteiger partial charge in [-0.15, -0.1) is 0 Å². The highest BCUT2D eigenvalue weighted by Gasteiger charge is 2.27. The minimum Gasteiger partial charge on any atom is -0.507 e. The number of nitrogens with zero attached hydrogens (tertiary/aromatic N) is 2. The molecule has 0 saturated heterocycles. The molecular weight excluding hydrogens is 300 g/mol. The summed E-state index contributed by atoms with van der Waals surface area (Å²) in [5, 5.41) is 15.5. The predicted molar refractivity (Wildman–Crippen MR) is 98.6 cm³/mol. The summed E-state index contributed by atoms with van der Waals surface area (Å²) < 4.78 is 7.00. The molecule has 1 aromatic carbocycles. The van der Waals surface area contributed by atoms with E-state index in [2.05, 4.69) is 58.8 Å². The topological polar surface area (TPSA) is 47.3 Å². The summed E-state index contributed by atoms with van der Waals surface area (Å²) in [7, 11) is 1.69. The van der Waals surface area contributed by atoms with E-state index in [-0.39, 0.29) is 10.8 Å². The van der Waals surface area contributed by atoms with Gasteiger partial charge in [-0.25, -0.2) is 0 Å². The number of hydrogen-bond acceptors (Lipinski definition) is 3. The number of phenolic OH excluding ortho intramolecular Hbond substituents is 1. The molecule has 1 N–H and O–H groups in total. The standard InChI is InChI=1S/C20H30N2O2/c1-19(2,3)15-12-14(13-16(18(15)23)20(4,5)6)17-8-9-22(21-17)10-11-24-7/h8-9,12-13,23H,10-11H2,1-7H3. The van der Waals surface area contributed by atoms with Crippen LogP contribution in [-0.2, 0) is 22.1 Å². The average molecular weight is 330 g/mol. The molecule has 0 radical (unpaired) electrons. The number of aromatic nitrogens is 2. The highest BCUT2D eigenvalue weighted by Crippen LogP contribution is 2.41. The van der Waals surface area contributed by atoms with Gasteiger partial charge in [-0.1, -0.05) is 41.5 Å². The lowest BCUT2D eigenvalue weighted by Crippen LogP contribution is -2.17. The number of benzene rings is 1. The van der Waals surface area contributed by atoms with E-state index in [0.29, 0.717) is 12.4 Å². The van der Waals surface area contributed by atoms with Gasteiger partial charge < -0.3 is 9.84 Å². The van der Waals surface area contributed by atoms with Gasteiger partial charge in [0.2, 0.25) is 0 Å². The second kappa shape index (κ2) is 6.60. The number of rotatable bonds is 4. The average Bonchev–Trinajstić information content (AvgIpc) is 2.91. The third-order valence-corrected chi connectivity index (χ3v) is 4.19. The predicted octanol–water partition coefficient (Wildman–Crippen LogP) is 4.50. The molecule has 4 heteroatoms. The number of ether oxygens (including phenoxy) is 1. The van der Waals surface area contributed by atoms with Gasteiger partial charge in [0.15, 0.2) is 0 Å². The highest BCUT2D eigenvalue weighted by atomic mass is 16.5. The van der Waals surface area contributed by atoms with E-state index in [1.54, 1.807) is 7.11 Å². The first-order valence-corrected chi connectivity index (χ1v) is 8.45. The molecule has 1 aromatic heterocycles. The van der Waals surface area contributed by atoms with Crippen molar-refractivity contribution in [3.8, 4) is 17.0 Å². The summed E-state index contributed by atoms with van der Waals surface area (Å²) in [6, 6.07) is 6.14. The molecule has 24 heavy (non-hydrogen) atoms. The zero-order chi connectivity index (χ0) is 18.1. The number of hydrogen-bond donors (Lipinski definition) is 1. The van der Waals surface area contributed by atoms with Gasteiger partial charge in [0, 0.05) is 30.0 Å². The third-order valence-electron chi connectivity index (χ3n) is 4.19. The molecule has 0 aliphatic rings. The quantitative estimate of drug-likeness (QED) is 0.898. The van der Waals surface area contributed by atoms with Crippen molar-refractivity contribution in [1.29, 1.82) is 0 Å². The fraction of sp³-hybridized carbons (Fsp3) is 0.550. The maximum absolute atomic E-state index is 10.8. The van der Waals surface area contributed by atoms with Crippen molar-refractivity contribution < 1.29 is 9.84 Å². The SMILES string of the molecule is COCCn1ccc(-c2cc(C(C)(C)C)c(O)c(C(C)(C)C)c2)n1. The molecule has 0 atom stereocenters. The van der Waals surface area contributed by atoms with Gasteiger partial charge in [0.05, 0.1) is 18.8 Å². The molecule has 2 rings (SSSR count). The second-order valence-corrected chi connectivity index (χ2v) is 8.38. The van der Waals surface area contributed by atoms with Crippen molar-refractivity contribution in [1.82, 2.24) is 9.78 Å². The Morgan fingerprint density at radius 3 is 2.04 bits per heavy atom. The Hall–Kier alpha value is -1.81. The zero-order valence-electron chi connectivity index (χ0n) is 16.0. The molecule has 0 amide bonds. The molecule has 0 spiro atoms. The Bertz CT molecular complexity index is 668. The summed E-state index contributed by atoms with van der Waals surface area (Å²) in [4.78, 5) is 0. The fourth-order valence-electron chi connectivity index (χ4n) is 2.75. The van der Waals surface area contributed by atoms with Crippen molar-refractivity contribution >= 4 is 0 Å². The molecule has 0 saturated carbocycles. The molecule has 0 unspecified atom stereocenters. The molecule has 1 heterocycles. The van der Waals surface area contributed by atoms with Crippen molar-refractivity contribution in [3.05, 3.63) is 35.5 Å². The Labute approximate surface area is 145 Å². The maximum atomic E-state index is 10.8. The van der Waals surface area contributed by atoms with Crippen LogP contribution in [0.3, 0.4) is 0 Å². The van der Waals surface area contributed by atoms with Crippen molar-refractivity contribution in [3.63, 3.8) is 0 Å². The van der Waals surface area contributed by atoms with Crippen molar-refractivity contribution in [2.75, 3.05) is 13.7 Å². The van der Waals surface area contributed by atoms with E-state index in [0.717, 1.165) is 28.9 Å². The minimum absolute atomic E-state index is 0.140. The minimum atomic E-state index is -0.140. The largest absolute Gasteiger partial charge is 0.507 e. The van der Waals surface area contributed by atoms with Gasteiger partial charge in [-0.3, -0.25) is 4.68 Å². The number of aromatic hydroxyl groups is 1. The van der Waals surface area contributed by atoms with E-state index in [4.69, 9.17) is 4.74 Å². The number of methoxy groups -OCH3 is 1. The van der Waals surface area contributed by atoms with E-state index in [1.165, 1.54) is 0 Å². The lowest BCUT2D eigenvalue weighted by Gasteiger charge is -2.28. The monoisotopic (exact) mass is 330 g/mol. The molecule has 4 nitrogen and oxygen atoms in total. The van der Waals surface area contributed by atoms with E-state index < -0.39 is 0 Å². The Balaban J connectivity index is 2.56. The lowest BCUT2D eigenvalue weighted by molar-refractivity contribution is 0.183. The highest BCUT2D eigenvalue weighted by molar-refractivity contribution is 5.66. The van der Waals surface area contributed by atoms with Crippen LogP contribution in [0.2, 0.25) is 0 Å². The van der Waals surface area contributed by atoms with Gasteiger partial charge >= 0.3 is 0 Å². The van der Waals surface area contributed by atoms with Crippen LogP contribution in [-0.4, -0.2) is 28.6 Å². The van der Waals surface area contributed by atoms with Crippen molar-refractivity contribution in [2.24, 2.45) is 0 Å². The van der Waals surface area contributed by atoms with Crippen LogP contribution < -0.4 is 0 Å².